The highest BCUT2D eigenvalue weighted by Gasteiger charge is 2.29. The van der Waals surface area contributed by atoms with Gasteiger partial charge >= 0.3 is 6.61 Å². The fourth-order valence-corrected chi connectivity index (χ4v) is 2.98. The number of benzene rings is 1. The molecule has 0 spiro atoms. The predicted molar refractivity (Wildman–Crippen MR) is 96.0 cm³/mol. The van der Waals surface area contributed by atoms with Gasteiger partial charge < -0.3 is 19.9 Å². The number of aromatic hydroxyl groups is 1. The lowest BCUT2D eigenvalue weighted by molar-refractivity contribution is -0.0502. The number of halogens is 2. The molecule has 1 amide bonds. The second kappa shape index (κ2) is 6.99. The minimum absolute atomic E-state index is 0.0442. The minimum Gasteiger partial charge on any atom is -0.508 e. The van der Waals surface area contributed by atoms with Crippen molar-refractivity contribution in [3.8, 4) is 28.5 Å². The summed E-state index contributed by atoms with van der Waals surface area (Å²) in [5.74, 6) is -0.642. The van der Waals surface area contributed by atoms with Crippen molar-refractivity contribution in [2.24, 2.45) is 0 Å². The third-order valence-electron chi connectivity index (χ3n) is 4.43. The van der Waals surface area contributed by atoms with Gasteiger partial charge in [0.15, 0.2) is 0 Å². The summed E-state index contributed by atoms with van der Waals surface area (Å²) in [6.07, 6.45) is 4.83. The monoisotopic (exact) mass is 389 g/mol. The maximum atomic E-state index is 13.0. The van der Waals surface area contributed by atoms with Crippen LogP contribution in [0.25, 0.3) is 16.9 Å². The molecule has 7 nitrogen and oxygen atoms in total. The highest BCUT2D eigenvalue weighted by Crippen LogP contribution is 2.37. The van der Waals surface area contributed by atoms with Crippen molar-refractivity contribution in [3.05, 3.63) is 42.2 Å². The molecular weight excluding hydrogens is 372 g/mol. The van der Waals surface area contributed by atoms with Crippen LogP contribution in [0.2, 0.25) is 0 Å². The average molecular weight is 389 g/mol. The molecule has 4 rings (SSSR count). The normalized spacial score (nSPS) is 13.7. The number of amides is 1. The third kappa shape index (κ3) is 3.42. The van der Waals surface area contributed by atoms with Gasteiger partial charge in [-0.1, -0.05) is 0 Å². The number of imidazole rings is 1. The molecule has 0 radical (unpaired) electrons. The van der Waals surface area contributed by atoms with Crippen LogP contribution in [-0.2, 0) is 0 Å². The molecule has 3 aromatic rings. The number of hydrogen-bond donors (Lipinski definition) is 2. The van der Waals surface area contributed by atoms with E-state index in [1.165, 1.54) is 31.5 Å². The molecule has 0 unspecified atom stereocenters. The van der Waals surface area contributed by atoms with Crippen molar-refractivity contribution in [3.63, 3.8) is 0 Å². The molecule has 9 heteroatoms. The number of methoxy groups -OCH3 is 1. The zero-order valence-corrected chi connectivity index (χ0v) is 14.9. The number of rotatable bonds is 6. The maximum Gasteiger partial charge on any atom is 0.387 e. The van der Waals surface area contributed by atoms with Gasteiger partial charge in [-0.15, -0.1) is 0 Å². The summed E-state index contributed by atoms with van der Waals surface area (Å²) in [7, 11) is 1.35. The molecular formula is C19H17F2N3O4. The Morgan fingerprint density at radius 2 is 2.07 bits per heavy atom. The molecule has 0 atom stereocenters. The van der Waals surface area contributed by atoms with Crippen molar-refractivity contribution in [2.45, 2.75) is 25.5 Å². The predicted octanol–water partition coefficient (Wildman–Crippen LogP) is 3.21. The van der Waals surface area contributed by atoms with Crippen LogP contribution in [0.4, 0.5) is 8.78 Å². The maximum absolute atomic E-state index is 13.0. The van der Waals surface area contributed by atoms with Crippen LogP contribution in [0.1, 0.15) is 23.2 Å². The number of nitrogens with one attached hydrogen (secondary N) is 1. The van der Waals surface area contributed by atoms with E-state index in [4.69, 9.17) is 4.74 Å². The van der Waals surface area contributed by atoms with Gasteiger partial charge in [0, 0.05) is 23.9 Å². The fraction of sp³-hybridized carbons (Fsp3) is 0.263. The smallest absolute Gasteiger partial charge is 0.387 e. The molecule has 1 aliphatic carbocycles. The second-order valence-electron chi connectivity index (χ2n) is 6.43. The highest BCUT2D eigenvalue weighted by molar-refractivity contribution is 6.01. The third-order valence-corrected chi connectivity index (χ3v) is 4.43. The molecule has 28 heavy (non-hydrogen) atoms. The Kier molecular flexibility index (Phi) is 4.50. The van der Waals surface area contributed by atoms with E-state index in [0.29, 0.717) is 16.9 Å². The van der Waals surface area contributed by atoms with Gasteiger partial charge in [0.2, 0.25) is 0 Å². The van der Waals surface area contributed by atoms with Gasteiger partial charge in [-0.05, 0) is 31.0 Å². The molecule has 0 saturated heterocycles. The van der Waals surface area contributed by atoms with E-state index in [9.17, 15) is 18.7 Å². The number of fused-ring (bicyclic) bond motifs is 1. The Hall–Kier alpha value is -3.36. The number of hydrogen-bond acceptors (Lipinski definition) is 5. The van der Waals surface area contributed by atoms with Gasteiger partial charge in [-0.3, -0.25) is 9.20 Å². The molecule has 1 fully saturated rings. The van der Waals surface area contributed by atoms with Crippen molar-refractivity contribution < 1.29 is 28.2 Å². The molecule has 146 valence electrons. The van der Waals surface area contributed by atoms with Crippen LogP contribution in [0.15, 0.2) is 36.7 Å². The van der Waals surface area contributed by atoms with E-state index in [1.807, 2.05) is 0 Å². The Balaban J connectivity index is 1.84. The number of alkyl halides is 2. The Labute approximate surface area is 158 Å². The summed E-state index contributed by atoms with van der Waals surface area (Å²) in [6.45, 7) is -3.11. The first-order valence-corrected chi connectivity index (χ1v) is 8.60. The van der Waals surface area contributed by atoms with E-state index in [1.54, 1.807) is 16.7 Å². The van der Waals surface area contributed by atoms with Gasteiger partial charge in [0.05, 0.1) is 19.0 Å². The summed E-state index contributed by atoms with van der Waals surface area (Å²) < 4.78 is 37.6. The molecule has 1 aromatic carbocycles. The van der Waals surface area contributed by atoms with E-state index >= 15 is 0 Å². The fourth-order valence-electron chi connectivity index (χ4n) is 2.98. The molecule has 2 N–H and O–H groups in total. The number of carbonyl (C=O) groups is 1. The van der Waals surface area contributed by atoms with Crippen molar-refractivity contribution in [1.29, 1.82) is 0 Å². The minimum atomic E-state index is -3.11. The molecule has 2 heterocycles. The van der Waals surface area contributed by atoms with Crippen LogP contribution >= 0.6 is 0 Å². The van der Waals surface area contributed by atoms with E-state index in [-0.39, 0.29) is 28.9 Å². The van der Waals surface area contributed by atoms with Gasteiger partial charge in [0.1, 0.15) is 28.5 Å². The SMILES string of the molecule is COc1cc(-c2cnc3cc(O)ccn23)cc(OC(F)F)c1C(=O)NC1CC1. The summed E-state index contributed by atoms with van der Waals surface area (Å²) in [6, 6.07) is 5.91. The van der Waals surface area contributed by atoms with Gasteiger partial charge in [0.25, 0.3) is 5.91 Å². The molecule has 0 aliphatic heterocycles. The second-order valence-corrected chi connectivity index (χ2v) is 6.43. The first kappa shape index (κ1) is 18.0. The zero-order valence-electron chi connectivity index (χ0n) is 14.9. The van der Waals surface area contributed by atoms with Crippen LogP contribution in [0.5, 0.6) is 17.2 Å². The van der Waals surface area contributed by atoms with E-state index in [0.717, 1.165) is 12.8 Å². The van der Waals surface area contributed by atoms with E-state index in [2.05, 4.69) is 15.0 Å². The Morgan fingerprint density at radius 3 is 2.75 bits per heavy atom. The van der Waals surface area contributed by atoms with Crippen molar-refractivity contribution >= 4 is 11.6 Å². The van der Waals surface area contributed by atoms with Crippen LogP contribution in [0, 0.1) is 0 Å². The average Bonchev–Trinajstić information content (AvgIpc) is 3.36. The van der Waals surface area contributed by atoms with Crippen molar-refractivity contribution in [1.82, 2.24) is 14.7 Å². The van der Waals surface area contributed by atoms with E-state index < -0.39 is 12.5 Å². The zero-order chi connectivity index (χ0) is 19.8. The van der Waals surface area contributed by atoms with Crippen LogP contribution < -0.4 is 14.8 Å². The molecule has 0 bridgehead atoms. The van der Waals surface area contributed by atoms with Crippen LogP contribution in [-0.4, -0.2) is 40.2 Å². The topological polar surface area (TPSA) is 85.1 Å². The summed E-state index contributed by atoms with van der Waals surface area (Å²) >= 11 is 0. The Morgan fingerprint density at radius 1 is 1.32 bits per heavy atom. The lowest BCUT2D eigenvalue weighted by Crippen LogP contribution is -2.26. The number of aromatic nitrogens is 2. The highest BCUT2D eigenvalue weighted by atomic mass is 19.3. The number of pyridine rings is 1. The lowest BCUT2D eigenvalue weighted by atomic mass is 10.1. The van der Waals surface area contributed by atoms with Gasteiger partial charge in [-0.2, -0.15) is 8.78 Å². The summed E-state index contributed by atoms with van der Waals surface area (Å²) in [5, 5.41) is 12.3. The summed E-state index contributed by atoms with van der Waals surface area (Å²) in [5.41, 5.74) is 1.42. The standard InChI is InChI=1S/C19H17F2N3O4/c1-27-14-6-10(13-9-22-16-8-12(25)4-5-24(13)16)7-15(28-19(20)21)17(14)18(26)23-11-2-3-11/h4-9,11,19,25H,2-3H2,1H3,(H,23,26). The van der Waals surface area contributed by atoms with Crippen LogP contribution in [0.3, 0.4) is 0 Å². The number of ether oxygens (including phenoxy) is 2. The lowest BCUT2D eigenvalue weighted by Gasteiger charge is -2.16. The largest absolute Gasteiger partial charge is 0.508 e. The molecule has 2 aromatic heterocycles. The van der Waals surface area contributed by atoms with Crippen molar-refractivity contribution in [2.75, 3.05) is 7.11 Å². The first-order valence-electron chi connectivity index (χ1n) is 8.60. The molecule has 1 aliphatic rings. The van der Waals surface area contributed by atoms with Gasteiger partial charge in [-0.25, -0.2) is 4.98 Å². The quantitative estimate of drug-likeness (QED) is 0.676. The number of carbonyl (C=O) groups excluding carboxylic acids is 1. The summed E-state index contributed by atoms with van der Waals surface area (Å²) in [4.78, 5) is 16.8. The first-order chi connectivity index (χ1) is 13.5. The molecule has 1 saturated carbocycles. The number of nitrogens with zero attached hydrogens (tertiary/aromatic N) is 2. The Bertz CT molecular complexity index is 1050.